The van der Waals surface area contributed by atoms with Crippen LogP contribution in [-0.4, -0.2) is 16.9 Å². The lowest BCUT2D eigenvalue weighted by molar-refractivity contribution is -0.115. The summed E-state index contributed by atoms with van der Waals surface area (Å²) in [6, 6.07) is 5.38. The summed E-state index contributed by atoms with van der Waals surface area (Å²) in [5, 5.41) is 11.3. The van der Waals surface area contributed by atoms with Crippen molar-refractivity contribution in [3.8, 4) is 0 Å². The first kappa shape index (κ1) is 15.5. The minimum absolute atomic E-state index is 0.00856. The number of amides is 3. The molecule has 0 radical (unpaired) electrons. The summed E-state index contributed by atoms with van der Waals surface area (Å²) in [5.41, 5.74) is 3.76. The molecule has 23 heavy (non-hydrogen) atoms. The van der Waals surface area contributed by atoms with Gasteiger partial charge < -0.3 is 16.0 Å². The van der Waals surface area contributed by atoms with Gasteiger partial charge in [-0.1, -0.05) is 12.1 Å². The maximum absolute atomic E-state index is 12.0. The van der Waals surface area contributed by atoms with Gasteiger partial charge in [-0.3, -0.25) is 4.79 Å². The number of aromatic nitrogens is 1. The molecule has 1 aliphatic heterocycles. The smallest absolute Gasteiger partial charge is 0.315 e. The molecule has 120 valence electrons. The number of hydrogen-bond acceptors (Lipinski definition) is 4. The standard InChI is InChI=1S/C16H18N4O2S/c1-9-8-23-15(18-9)7-17-16(22)19-10(2)11-3-4-13-12(5-11)6-14(21)20-13/h3-5,8,10H,6-7H2,1-2H3,(H,20,21)(H2,17,19,22). The highest BCUT2D eigenvalue weighted by Gasteiger charge is 2.19. The summed E-state index contributed by atoms with van der Waals surface area (Å²) in [6.07, 6.45) is 0.394. The van der Waals surface area contributed by atoms with Gasteiger partial charge >= 0.3 is 6.03 Å². The van der Waals surface area contributed by atoms with E-state index in [4.69, 9.17) is 0 Å². The van der Waals surface area contributed by atoms with Crippen LogP contribution in [0.1, 0.15) is 34.8 Å². The Labute approximate surface area is 138 Å². The van der Waals surface area contributed by atoms with E-state index in [0.717, 1.165) is 27.5 Å². The predicted molar refractivity (Wildman–Crippen MR) is 89.4 cm³/mol. The number of urea groups is 1. The summed E-state index contributed by atoms with van der Waals surface area (Å²) in [7, 11) is 0. The Balaban J connectivity index is 1.56. The van der Waals surface area contributed by atoms with Crippen molar-refractivity contribution in [3.63, 3.8) is 0 Å². The zero-order valence-corrected chi connectivity index (χ0v) is 13.8. The third kappa shape index (κ3) is 3.68. The molecule has 0 saturated heterocycles. The van der Waals surface area contributed by atoms with E-state index in [1.54, 1.807) is 0 Å². The van der Waals surface area contributed by atoms with Gasteiger partial charge in [0.05, 0.1) is 19.0 Å². The van der Waals surface area contributed by atoms with Crippen LogP contribution in [0.4, 0.5) is 10.5 Å². The lowest BCUT2D eigenvalue weighted by Gasteiger charge is -2.15. The molecule has 1 aromatic heterocycles. The van der Waals surface area contributed by atoms with Crippen molar-refractivity contribution in [3.05, 3.63) is 45.4 Å². The van der Waals surface area contributed by atoms with E-state index in [0.29, 0.717) is 13.0 Å². The van der Waals surface area contributed by atoms with E-state index in [2.05, 4.69) is 20.9 Å². The number of carbonyl (C=O) groups excluding carboxylic acids is 2. The van der Waals surface area contributed by atoms with Crippen molar-refractivity contribution < 1.29 is 9.59 Å². The highest BCUT2D eigenvalue weighted by Crippen LogP contribution is 2.26. The molecule has 0 saturated carbocycles. The van der Waals surface area contributed by atoms with Gasteiger partial charge in [-0.15, -0.1) is 11.3 Å². The molecule has 0 spiro atoms. The molecule has 3 N–H and O–H groups in total. The van der Waals surface area contributed by atoms with Crippen molar-refractivity contribution >= 4 is 29.0 Å². The molecule has 1 aliphatic rings. The molecule has 2 aromatic rings. The molecule has 1 aromatic carbocycles. The SMILES string of the molecule is Cc1csc(CNC(=O)NC(C)c2ccc3c(c2)CC(=O)N3)n1. The molecule has 2 heterocycles. The van der Waals surface area contributed by atoms with Crippen LogP contribution in [-0.2, 0) is 17.8 Å². The van der Waals surface area contributed by atoms with Gasteiger partial charge in [0.1, 0.15) is 5.01 Å². The Morgan fingerprint density at radius 2 is 2.30 bits per heavy atom. The number of nitrogens with one attached hydrogen (secondary N) is 3. The first-order valence-electron chi connectivity index (χ1n) is 7.39. The highest BCUT2D eigenvalue weighted by atomic mass is 32.1. The number of nitrogens with zero attached hydrogens (tertiary/aromatic N) is 1. The molecule has 1 atom stereocenters. The number of thiazole rings is 1. The van der Waals surface area contributed by atoms with Crippen LogP contribution in [0.2, 0.25) is 0 Å². The second-order valence-corrected chi connectivity index (χ2v) is 6.52. The zero-order valence-electron chi connectivity index (χ0n) is 13.0. The molecule has 6 nitrogen and oxygen atoms in total. The number of carbonyl (C=O) groups is 2. The van der Waals surface area contributed by atoms with E-state index in [9.17, 15) is 9.59 Å². The lowest BCUT2D eigenvalue weighted by Crippen LogP contribution is -2.36. The first-order chi connectivity index (χ1) is 11.0. The average Bonchev–Trinajstić information content (AvgIpc) is 3.08. The molecule has 3 rings (SSSR count). The highest BCUT2D eigenvalue weighted by molar-refractivity contribution is 7.09. The minimum atomic E-state index is -0.236. The van der Waals surface area contributed by atoms with Crippen LogP contribution >= 0.6 is 11.3 Å². The van der Waals surface area contributed by atoms with Gasteiger partial charge in [0.2, 0.25) is 5.91 Å². The Kier molecular flexibility index (Phi) is 4.29. The third-order valence-electron chi connectivity index (χ3n) is 3.67. The van der Waals surface area contributed by atoms with E-state index in [1.165, 1.54) is 11.3 Å². The maximum Gasteiger partial charge on any atom is 0.315 e. The van der Waals surface area contributed by atoms with Gasteiger partial charge in [-0.05, 0) is 31.0 Å². The summed E-state index contributed by atoms with van der Waals surface area (Å²) >= 11 is 1.53. The van der Waals surface area contributed by atoms with Crippen LogP contribution in [0.5, 0.6) is 0 Å². The van der Waals surface area contributed by atoms with Gasteiger partial charge in [-0.2, -0.15) is 0 Å². The third-order valence-corrected chi connectivity index (χ3v) is 4.64. The second kappa shape index (κ2) is 6.37. The van der Waals surface area contributed by atoms with Crippen LogP contribution in [0.3, 0.4) is 0 Å². The summed E-state index contributed by atoms with van der Waals surface area (Å²) in [6.45, 7) is 4.26. The summed E-state index contributed by atoms with van der Waals surface area (Å²) in [5.74, 6) is 0.00856. The average molecular weight is 330 g/mol. The minimum Gasteiger partial charge on any atom is -0.332 e. The second-order valence-electron chi connectivity index (χ2n) is 5.57. The van der Waals surface area contributed by atoms with Gasteiger partial charge in [0.15, 0.2) is 0 Å². The van der Waals surface area contributed by atoms with Crippen molar-refractivity contribution in [2.45, 2.75) is 32.9 Å². The van der Waals surface area contributed by atoms with Crippen LogP contribution in [0.25, 0.3) is 0 Å². The lowest BCUT2D eigenvalue weighted by atomic mass is 10.0. The quantitative estimate of drug-likeness (QED) is 0.805. The fourth-order valence-electron chi connectivity index (χ4n) is 2.49. The molecule has 0 bridgehead atoms. The van der Waals surface area contributed by atoms with Gasteiger partial charge in [0.25, 0.3) is 0 Å². The van der Waals surface area contributed by atoms with Gasteiger partial charge in [0, 0.05) is 16.8 Å². The first-order valence-corrected chi connectivity index (χ1v) is 8.27. The van der Waals surface area contributed by atoms with Crippen molar-refractivity contribution in [2.75, 3.05) is 5.32 Å². The Hall–Kier alpha value is -2.41. The number of anilines is 1. The van der Waals surface area contributed by atoms with Gasteiger partial charge in [-0.25, -0.2) is 9.78 Å². The topological polar surface area (TPSA) is 83.1 Å². The molecular weight excluding hydrogens is 312 g/mol. The number of benzene rings is 1. The molecule has 0 aliphatic carbocycles. The summed E-state index contributed by atoms with van der Waals surface area (Å²) in [4.78, 5) is 27.7. The predicted octanol–water partition coefficient (Wildman–Crippen LogP) is 2.51. The Bertz CT molecular complexity index is 756. The van der Waals surface area contributed by atoms with E-state index >= 15 is 0 Å². The van der Waals surface area contributed by atoms with Crippen molar-refractivity contribution in [2.24, 2.45) is 0 Å². The molecular formula is C16H18N4O2S. The number of aryl methyl sites for hydroxylation is 1. The van der Waals surface area contributed by atoms with E-state index in [-0.39, 0.29) is 18.0 Å². The van der Waals surface area contributed by atoms with E-state index in [1.807, 2.05) is 37.4 Å². The van der Waals surface area contributed by atoms with E-state index < -0.39 is 0 Å². The van der Waals surface area contributed by atoms with Crippen LogP contribution in [0, 0.1) is 6.92 Å². The number of rotatable bonds is 4. The number of hydrogen-bond donors (Lipinski definition) is 3. The number of fused-ring (bicyclic) bond motifs is 1. The van der Waals surface area contributed by atoms with Crippen molar-refractivity contribution in [1.29, 1.82) is 0 Å². The Morgan fingerprint density at radius 1 is 1.48 bits per heavy atom. The monoisotopic (exact) mass is 330 g/mol. The molecule has 7 heteroatoms. The fourth-order valence-corrected chi connectivity index (χ4v) is 3.20. The molecule has 0 fully saturated rings. The fraction of sp³-hybridized carbons (Fsp3) is 0.312. The van der Waals surface area contributed by atoms with Crippen molar-refractivity contribution in [1.82, 2.24) is 15.6 Å². The normalized spacial score (nSPS) is 14.1. The zero-order chi connectivity index (χ0) is 16.4. The summed E-state index contributed by atoms with van der Waals surface area (Å²) < 4.78 is 0. The van der Waals surface area contributed by atoms with Crippen LogP contribution < -0.4 is 16.0 Å². The van der Waals surface area contributed by atoms with Crippen LogP contribution in [0.15, 0.2) is 23.6 Å². The Morgan fingerprint density at radius 3 is 3.04 bits per heavy atom. The maximum atomic E-state index is 12.0. The molecule has 1 unspecified atom stereocenters. The largest absolute Gasteiger partial charge is 0.332 e. The molecule has 3 amide bonds.